The first kappa shape index (κ1) is 18.6. The summed E-state index contributed by atoms with van der Waals surface area (Å²) in [7, 11) is 0. The summed E-state index contributed by atoms with van der Waals surface area (Å²) >= 11 is 0. The van der Waals surface area contributed by atoms with Crippen LogP contribution in [-0.2, 0) is 22.6 Å². The van der Waals surface area contributed by atoms with Gasteiger partial charge in [-0.25, -0.2) is 14.4 Å². The number of amides is 1. The van der Waals surface area contributed by atoms with Gasteiger partial charge in [-0.2, -0.15) is 0 Å². The zero-order valence-electron chi connectivity index (χ0n) is 15.8. The van der Waals surface area contributed by atoms with E-state index in [2.05, 4.69) is 14.9 Å². The third kappa shape index (κ3) is 4.06. The second-order valence-corrected chi connectivity index (χ2v) is 6.97. The van der Waals surface area contributed by atoms with E-state index in [4.69, 9.17) is 9.47 Å². The van der Waals surface area contributed by atoms with E-state index in [9.17, 15) is 9.18 Å². The van der Waals surface area contributed by atoms with Crippen molar-refractivity contribution in [1.29, 1.82) is 0 Å². The van der Waals surface area contributed by atoms with Gasteiger partial charge in [-0.05, 0) is 31.2 Å². The summed E-state index contributed by atoms with van der Waals surface area (Å²) in [6.45, 7) is 5.49. The molecule has 1 saturated heterocycles. The highest BCUT2D eigenvalue weighted by Gasteiger charge is 2.27. The molecule has 1 amide bonds. The zero-order valence-corrected chi connectivity index (χ0v) is 15.8. The van der Waals surface area contributed by atoms with Gasteiger partial charge in [0.1, 0.15) is 11.6 Å². The monoisotopic (exact) mass is 386 g/mol. The van der Waals surface area contributed by atoms with Crippen LogP contribution in [0.5, 0.6) is 5.75 Å². The number of ether oxygens (including phenoxy) is 2. The minimum Gasteiger partial charge on any atom is -0.481 e. The van der Waals surface area contributed by atoms with E-state index in [0.717, 1.165) is 17.7 Å². The third-order valence-corrected chi connectivity index (χ3v) is 5.03. The van der Waals surface area contributed by atoms with E-state index in [1.807, 2.05) is 6.20 Å². The fraction of sp³-hybridized carbons (Fsp3) is 0.450. The molecule has 0 N–H and O–H groups in total. The summed E-state index contributed by atoms with van der Waals surface area (Å²) in [5.74, 6) is 0.780. The first-order valence-electron chi connectivity index (χ1n) is 9.48. The molecule has 1 aromatic carbocycles. The van der Waals surface area contributed by atoms with Crippen molar-refractivity contribution in [2.75, 3.05) is 37.7 Å². The molecule has 2 aliphatic heterocycles. The Morgan fingerprint density at radius 1 is 1.21 bits per heavy atom. The van der Waals surface area contributed by atoms with E-state index in [1.165, 1.54) is 24.3 Å². The van der Waals surface area contributed by atoms with Crippen LogP contribution in [0.3, 0.4) is 0 Å². The zero-order chi connectivity index (χ0) is 19.5. The largest absolute Gasteiger partial charge is 0.481 e. The number of carbonyl (C=O) groups excluding carboxylic acids is 1. The fourth-order valence-electron chi connectivity index (χ4n) is 3.42. The Hall–Kier alpha value is -2.74. The fourth-order valence-corrected chi connectivity index (χ4v) is 3.42. The van der Waals surface area contributed by atoms with E-state index >= 15 is 0 Å². The number of benzene rings is 1. The average molecular weight is 386 g/mol. The molecule has 3 heterocycles. The Morgan fingerprint density at radius 2 is 1.96 bits per heavy atom. The lowest BCUT2D eigenvalue weighted by Crippen LogP contribution is -2.52. The predicted molar refractivity (Wildman–Crippen MR) is 101 cm³/mol. The number of carbonyl (C=O) groups is 1. The normalized spacial score (nSPS) is 17.8. The summed E-state index contributed by atoms with van der Waals surface area (Å²) in [6, 6.07) is 5.68. The number of rotatable bonds is 4. The molecule has 28 heavy (non-hydrogen) atoms. The number of anilines is 1. The second kappa shape index (κ2) is 8.10. The van der Waals surface area contributed by atoms with Crippen molar-refractivity contribution in [3.05, 3.63) is 47.5 Å². The minimum atomic E-state index is -0.628. The number of hydrogen-bond acceptors (Lipinski definition) is 6. The summed E-state index contributed by atoms with van der Waals surface area (Å²) in [5, 5.41) is 0. The first-order valence-corrected chi connectivity index (χ1v) is 9.48. The van der Waals surface area contributed by atoms with E-state index in [-0.39, 0.29) is 11.7 Å². The summed E-state index contributed by atoms with van der Waals surface area (Å²) in [5.41, 5.74) is 2.10. The van der Waals surface area contributed by atoms with Gasteiger partial charge in [0.25, 0.3) is 5.91 Å². The molecule has 0 saturated carbocycles. The van der Waals surface area contributed by atoms with Crippen molar-refractivity contribution in [3.63, 3.8) is 0 Å². The maximum Gasteiger partial charge on any atom is 0.263 e. The van der Waals surface area contributed by atoms with Crippen LogP contribution in [0.4, 0.5) is 10.3 Å². The first-order chi connectivity index (χ1) is 13.6. The van der Waals surface area contributed by atoms with Crippen molar-refractivity contribution in [2.45, 2.75) is 26.1 Å². The average Bonchev–Trinajstić information content (AvgIpc) is 2.74. The molecule has 0 unspecified atom stereocenters. The molecule has 2 aliphatic rings. The number of fused-ring (bicyclic) bond motifs is 1. The lowest BCUT2D eigenvalue weighted by Gasteiger charge is -2.36. The topological polar surface area (TPSA) is 67.8 Å². The smallest absolute Gasteiger partial charge is 0.263 e. The lowest BCUT2D eigenvalue weighted by molar-refractivity contribution is -0.138. The van der Waals surface area contributed by atoms with Gasteiger partial charge in [-0.3, -0.25) is 4.79 Å². The quantitative estimate of drug-likeness (QED) is 0.798. The Bertz CT molecular complexity index is 838. The molecule has 0 aliphatic carbocycles. The summed E-state index contributed by atoms with van der Waals surface area (Å²) in [4.78, 5) is 25.7. The van der Waals surface area contributed by atoms with E-state index in [0.29, 0.717) is 51.1 Å². The van der Waals surface area contributed by atoms with Crippen LogP contribution in [0.1, 0.15) is 18.2 Å². The van der Waals surface area contributed by atoms with Crippen molar-refractivity contribution < 1.29 is 18.7 Å². The molecular formula is C20H23FN4O3. The van der Waals surface area contributed by atoms with Crippen LogP contribution >= 0.6 is 0 Å². The van der Waals surface area contributed by atoms with Crippen LogP contribution in [0.2, 0.25) is 0 Å². The molecule has 1 fully saturated rings. The van der Waals surface area contributed by atoms with Crippen molar-refractivity contribution in [2.24, 2.45) is 0 Å². The highest BCUT2D eigenvalue weighted by Crippen LogP contribution is 2.19. The van der Waals surface area contributed by atoms with Crippen LogP contribution in [-0.4, -0.2) is 59.7 Å². The van der Waals surface area contributed by atoms with Gasteiger partial charge in [0.05, 0.1) is 18.9 Å². The van der Waals surface area contributed by atoms with Gasteiger partial charge in [0.2, 0.25) is 5.95 Å². The molecule has 7 nitrogen and oxygen atoms in total. The maximum atomic E-state index is 13.0. The molecule has 0 bridgehead atoms. The van der Waals surface area contributed by atoms with Crippen molar-refractivity contribution in [1.82, 2.24) is 14.9 Å². The minimum absolute atomic E-state index is 0.0764. The van der Waals surface area contributed by atoms with Crippen LogP contribution in [0.25, 0.3) is 0 Å². The highest BCUT2D eigenvalue weighted by atomic mass is 19.1. The van der Waals surface area contributed by atoms with E-state index in [1.54, 1.807) is 11.8 Å². The standard InChI is InChI=1S/C20H23FN4O3/c1-14(28-17-4-2-16(21)3-5-17)19(26)24-7-9-25(10-8-24)20-22-12-15-13-27-11-6-18(15)23-20/h2-5,12,14H,6-11,13H2,1H3/t14-/m0/s1. The number of piperazine rings is 1. The number of aromatic nitrogens is 2. The molecule has 0 spiro atoms. The maximum absolute atomic E-state index is 13.0. The van der Waals surface area contributed by atoms with E-state index < -0.39 is 6.10 Å². The van der Waals surface area contributed by atoms with Crippen LogP contribution < -0.4 is 9.64 Å². The molecular weight excluding hydrogens is 363 g/mol. The Balaban J connectivity index is 1.33. The summed E-state index contributed by atoms with van der Waals surface area (Å²) in [6.07, 6.45) is 2.02. The van der Waals surface area contributed by atoms with Gasteiger partial charge >= 0.3 is 0 Å². The second-order valence-electron chi connectivity index (χ2n) is 6.97. The SMILES string of the molecule is C[C@H](Oc1ccc(F)cc1)C(=O)N1CCN(c2ncc3c(n2)CCOC3)CC1. The molecule has 148 valence electrons. The third-order valence-electron chi connectivity index (χ3n) is 5.03. The number of nitrogens with zero attached hydrogens (tertiary/aromatic N) is 4. The van der Waals surface area contributed by atoms with Gasteiger partial charge in [-0.15, -0.1) is 0 Å². The molecule has 2 aromatic rings. The van der Waals surface area contributed by atoms with Gasteiger partial charge in [0.15, 0.2) is 6.10 Å². The molecule has 8 heteroatoms. The highest BCUT2D eigenvalue weighted by molar-refractivity contribution is 5.81. The Morgan fingerprint density at radius 3 is 2.71 bits per heavy atom. The Labute approximate surface area is 163 Å². The lowest BCUT2D eigenvalue weighted by atomic mass is 10.1. The molecule has 1 atom stereocenters. The van der Waals surface area contributed by atoms with Crippen molar-refractivity contribution >= 4 is 11.9 Å². The molecule has 1 aromatic heterocycles. The van der Waals surface area contributed by atoms with Crippen molar-refractivity contribution in [3.8, 4) is 5.75 Å². The number of hydrogen-bond donors (Lipinski definition) is 0. The van der Waals surface area contributed by atoms with Gasteiger partial charge < -0.3 is 19.3 Å². The number of halogens is 1. The van der Waals surface area contributed by atoms with Crippen LogP contribution in [0, 0.1) is 5.82 Å². The molecule has 0 radical (unpaired) electrons. The van der Waals surface area contributed by atoms with Crippen LogP contribution in [0.15, 0.2) is 30.5 Å². The Kier molecular flexibility index (Phi) is 5.38. The van der Waals surface area contributed by atoms with Gasteiger partial charge in [0, 0.05) is 44.4 Å². The predicted octanol–water partition coefficient (Wildman–Crippen LogP) is 1.80. The molecule has 4 rings (SSSR count). The summed E-state index contributed by atoms with van der Waals surface area (Å²) < 4.78 is 24.1. The van der Waals surface area contributed by atoms with Gasteiger partial charge in [-0.1, -0.05) is 0 Å².